The van der Waals surface area contributed by atoms with E-state index in [0.29, 0.717) is 16.5 Å². The molecule has 0 spiro atoms. The van der Waals surface area contributed by atoms with Crippen LogP contribution in [0.25, 0.3) is 17.4 Å². The van der Waals surface area contributed by atoms with Crippen LogP contribution in [-0.2, 0) is 9.59 Å². The maximum atomic E-state index is 11.0. The SMILES string of the molecule is CC(=O)N/C(=C/c1ccc(-c2ccc(Cl)cc2)o1)C(=O)O. The van der Waals surface area contributed by atoms with Crippen molar-refractivity contribution in [3.63, 3.8) is 0 Å². The summed E-state index contributed by atoms with van der Waals surface area (Å²) in [6, 6.07) is 10.4. The number of amides is 1. The van der Waals surface area contributed by atoms with E-state index >= 15 is 0 Å². The number of carboxylic acid groups (broad SMARTS) is 1. The Bertz CT molecular complexity index is 701. The number of carbonyl (C=O) groups excluding carboxylic acids is 1. The van der Waals surface area contributed by atoms with E-state index in [-0.39, 0.29) is 5.70 Å². The molecular weight excluding hydrogens is 294 g/mol. The topological polar surface area (TPSA) is 79.5 Å². The van der Waals surface area contributed by atoms with Crippen LogP contribution in [0.15, 0.2) is 46.5 Å². The van der Waals surface area contributed by atoms with E-state index in [9.17, 15) is 9.59 Å². The maximum absolute atomic E-state index is 11.0. The fourth-order valence-corrected chi connectivity index (χ4v) is 1.81. The average Bonchev–Trinajstić information content (AvgIpc) is 2.87. The highest BCUT2D eigenvalue weighted by Gasteiger charge is 2.11. The molecule has 0 fully saturated rings. The molecule has 0 atom stereocenters. The van der Waals surface area contributed by atoms with Crippen LogP contribution < -0.4 is 5.32 Å². The highest BCUT2D eigenvalue weighted by molar-refractivity contribution is 6.30. The fraction of sp³-hybridized carbons (Fsp3) is 0.0667. The molecule has 0 aliphatic heterocycles. The second-order valence-corrected chi connectivity index (χ2v) is 4.69. The molecule has 0 unspecified atom stereocenters. The van der Waals surface area contributed by atoms with Gasteiger partial charge in [0.1, 0.15) is 17.2 Å². The first kappa shape index (κ1) is 14.9. The molecule has 1 aromatic heterocycles. The van der Waals surface area contributed by atoms with Gasteiger partial charge < -0.3 is 14.8 Å². The third kappa shape index (κ3) is 3.97. The second kappa shape index (κ2) is 6.28. The molecule has 6 heteroatoms. The van der Waals surface area contributed by atoms with Crippen molar-refractivity contribution in [3.8, 4) is 11.3 Å². The molecule has 0 bridgehead atoms. The van der Waals surface area contributed by atoms with Crippen molar-refractivity contribution < 1.29 is 19.1 Å². The van der Waals surface area contributed by atoms with Gasteiger partial charge in [0, 0.05) is 23.6 Å². The van der Waals surface area contributed by atoms with Gasteiger partial charge in [-0.2, -0.15) is 0 Å². The average molecular weight is 306 g/mol. The zero-order valence-corrected chi connectivity index (χ0v) is 11.8. The monoisotopic (exact) mass is 305 g/mol. The smallest absolute Gasteiger partial charge is 0.352 e. The highest BCUT2D eigenvalue weighted by atomic mass is 35.5. The first-order chi connectivity index (χ1) is 9.95. The summed E-state index contributed by atoms with van der Waals surface area (Å²) in [5, 5.41) is 11.8. The molecule has 2 aromatic rings. The van der Waals surface area contributed by atoms with Crippen LogP contribution in [0.5, 0.6) is 0 Å². The number of rotatable bonds is 4. The van der Waals surface area contributed by atoms with Crippen molar-refractivity contribution in [2.24, 2.45) is 0 Å². The van der Waals surface area contributed by atoms with Crippen molar-refractivity contribution in [3.05, 3.63) is 52.9 Å². The fourth-order valence-electron chi connectivity index (χ4n) is 1.68. The van der Waals surface area contributed by atoms with Crippen LogP contribution in [-0.4, -0.2) is 17.0 Å². The quantitative estimate of drug-likeness (QED) is 0.850. The lowest BCUT2D eigenvalue weighted by Gasteiger charge is -2.01. The van der Waals surface area contributed by atoms with Crippen LogP contribution in [0.1, 0.15) is 12.7 Å². The Kier molecular flexibility index (Phi) is 4.45. The van der Waals surface area contributed by atoms with Gasteiger partial charge in [0.25, 0.3) is 0 Å². The predicted octanol–water partition coefficient (Wildman–Crippen LogP) is 3.16. The normalized spacial score (nSPS) is 11.2. The predicted molar refractivity (Wildman–Crippen MR) is 78.6 cm³/mol. The number of halogens is 1. The standard InChI is InChI=1S/C15H12ClNO4/c1-9(18)17-13(15(19)20)8-12-6-7-14(21-12)10-2-4-11(16)5-3-10/h2-8H,1H3,(H,17,18)(H,19,20)/b13-8+. The molecule has 0 saturated heterocycles. The zero-order chi connectivity index (χ0) is 15.4. The minimum Gasteiger partial charge on any atom is -0.477 e. The first-order valence-electron chi connectivity index (χ1n) is 6.04. The van der Waals surface area contributed by atoms with Gasteiger partial charge in [0.15, 0.2) is 0 Å². The van der Waals surface area contributed by atoms with Crippen LogP contribution in [0.2, 0.25) is 5.02 Å². The number of benzene rings is 1. The van der Waals surface area contributed by atoms with Crippen molar-refractivity contribution in [1.29, 1.82) is 0 Å². The Hall–Kier alpha value is -2.53. The minimum absolute atomic E-state index is 0.250. The Balaban J connectivity index is 2.28. The molecule has 0 radical (unpaired) electrons. The van der Waals surface area contributed by atoms with Gasteiger partial charge in [-0.15, -0.1) is 0 Å². The molecule has 1 heterocycles. The summed E-state index contributed by atoms with van der Waals surface area (Å²) in [4.78, 5) is 22.0. The molecule has 0 saturated carbocycles. The molecule has 0 aliphatic carbocycles. The van der Waals surface area contributed by atoms with Crippen LogP contribution in [0, 0.1) is 0 Å². The number of carboxylic acids is 1. The largest absolute Gasteiger partial charge is 0.477 e. The Morgan fingerprint density at radius 1 is 1.19 bits per heavy atom. The van der Waals surface area contributed by atoms with E-state index < -0.39 is 11.9 Å². The summed E-state index contributed by atoms with van der Waals surface area (Å²) in [6.45, 7) is 1.23. The van der Waals surface area contributed by atoms with Gasteiger partial charge >= 0.3 is 5.97 Å². The lowest BCUT2D eigenvalue weighted by atomic mass is 10.2. The number of hydrogen-bond acceptors (Lipinski definition) is 3. The first-order valence-corrected chi connectivity index (χ1v) is 6.42. The minimum atomic E-state index is -1.24. The Labute approximate surface area is 125 Å². The van der Waals surface area contributed by atoms with Crippen molar-refractivity contribution in [2.75, 3.05) is 0 Å². The summed E-state index contributed by atoms with van der Waals surface area (Å²) in [5.74, 6) is -0.806. The third-order valence-electron chi connectivity index (χ3n) is 2.58. The summed E-state index contributed by atoms with van der Waals surface area (Å²) in [5.41, 5.74) is 0.565. The van der Waals surface area contributed by atoms with Crippen molar-refractivity contribution in [2.45, 2.75) is 6.92 Å². The number of hydrogen-bond donors (Lipinski definition) is 2. The van der Waals surface area contributed by atoms with Gasteiger partial charge in [0.05, 0.1) is 0 Å². The molecule has 2 rings (SSSR count). The number of furan rings is 1. The molecule has 1 amide bonds. The van der Waals surface area contributed by atoms with E-state index in [4.69, 9.17) is 21.1 Å². The van der Waals surface area contributed by atoms with Crippen molar-refractivity contribution >= 4 is 29.6 Å². The third-order valence-corrected chi connectivity index (χ3v) is 2.84. The van der Waals surface area contributed by atoms with E-state index in [1.165, 1.54) is 13.0 Å². The lowest BCUT2D eigenvalue weighted by molar-refractivity contribution is -0.134. The molecule has 5 nitrogen and oxygen atoms in total. The lowest BCUT2D eigenvalue weighted by Crippen LogP contribution is -2.24. The molecular formula is C15H12ClNO4. The summed E-state index contributed by atoms with van der Waals surface area (Å²) >= 11 is 5.81. The summed E-state index contributed by atoms with van der Waals surface area (Å²) in [7, 11) is 0. The van der Waals surface area contributed by atoms with E-state index in [1.807, 2.05) is 0 Å². The van der Waals surface area contributed by atoms with Gasteiger partial charge in [-0.05, 0) is 36.4 Å². The van der Waals surface area contributed by atoms with Crippen LogP contribution in [0.4, 0.5) is 0 Å². The van der Waals surface area contributed by atoms with Gasteiger partial charge in [-0.1, -0.05) is 11.6 Å². The van der Waals surface area contributed by atoms with E-state index in [1.54, 1.807) is 36.4 Å². The highest BCUT2D eigenvalue weighted by Crippen LogP contribution is 2.24. The number of carbonyl (C=O) groups is 2. The zero-order valence-electron chi connectivity index (χ0n) is 11.1. The van der Waals surface area contributed by atoms with Crippen molar-refractivity contribution in [1.82, 2.24) is 5.32 Å². The number of aliphatic carboxylic acids is 1. The van der Waals surface area contributed by atoms with Crippen LogP contribution in [0.3, 0.4) is 0 Å². The van der Waals surface area contributed by atoms with E-state index in [0.717, 1.165) is 5.56 Å². The number of nitrogens with one attached hydrogen (secondary N) is 1. The Morgan fingerprint density at radius 3 is 2.43 bits per heavy atom. The summed E-state index contributed by atoms with van der Waals surface area (Å²) < 4.78 is 5.54. The molecule has 1 aromatic carbocycles. The Morgan fingerprint density at radius 2 is 1.86 bits per heavy atom. The van der Waals surface area contributed by atoms with Gasteiger partial charge in [-0.25, -0.2) is 4.79 Å². The second-order valence-electron chi connectivity index (χ2n) is 4.25. The van der Waals surface area contributed by atoms with Gasteiger partial charge in [-0.3, -0.25) is 4.79 Å². The molecule has 2 N–H and O–H groups in total. The molecule has 21 heavy (non-hydrogen) atoms. The molecule has 108 valence electrons. The van der Waals surface area contributed by atoms with Gasteiger partial charge in [0.2, 0.25) is 5.91 Å². The van der Waals surface area contributed by atoms with E-state index in [2.05, 4.69) is 5.32 Å². The molecule has 0 aliphatic rings. The summed E-state index contributed by atoms with van der Waals surface area (Å²) in [6.07, 6.45) is 1.25. The maximum Gasteiger partial charge on any atom is 0.352 e. The van der Waals surface area contributed by atoms with Crippen LogP contribution >= 0.6 is 11.6 Å².